The van der Waals surface area contributed by atoms with Gasteiger partial charge in [0.05, 0.1) is 12.2 Å². The first-order valence-corrected chi connectivity index (χ1v) is 5.24. The molecule has 0 bridgehead atoms. The van der Waals surface area contributed by atoms with Crippen LogP contribution in [0.5, 0.6) is 11.5 Å². The summed E-state index contributed by atoms with van der Waals surface area (Å²) in [4.78, 5) is 12.2. The van der Waals surface area contributed by atoms with Crippen molar-refractivity contribution < 1.29 is 33.3 Å². The van der Waals surface area contributed by atoms with Gasteiger partial charge >= 0.3 is 6.18 Å². The lowest BCUT2D eigenvalue weighted by Crippen LogP contribution is -2.40. The molecule has 8 heteroatoms. The number of hydrogen-bond donors (Lipinski definition) is 3. The third-order valence-corrected chi connectivity index (χ3v) is 2.27. The van der Waals surface area contributed by atoms with Crippen molar-refractivity contribution in [3.8, 4) is 11.5 Å². The number of phenolic OH excluding ortho intramolecular Hbond substituents is 2. The lowest BCUT2D eigenvalue weighted by molar-refractivity contribution is -0.141. The molecule has 5 nitrogen and oxygen atoms in total. The lowest BCUT2D eigenvalue weighted by atomic mass is 10.1. The molecular formula is C11H12F3NO4. The van der Waals surface area contributed by atoms with Crippen LogP contribution in [0.3, 0.4) is 0 Å². The molecule has 1 aromatic rings. The van der Waals surface area contributed by atoms with Gasteiger partial charge in [0, 0.05) is 6.54 Å². The zero-order valence-electron chi connectivity index (χ0n) is 9.68. The zero-order chi connectivity index (χ0) is 14.6. The van der Waals surface area contributed by atoms with E-state index in [0.717, 1.165) is 12.1 Å². The molecule has 0 atom stereocenters. The molecule has 3 N–H and O–H groups in total. The van der Waals surface area contributed by atoms with E-state index in [1.165, 1.54) is 6.07 Å². The molecule has 0 saturated carbocycles. The Kier molecular flexibility index (Phi) is 4.60. The molecule has 19 heavy (non-hydrogen) atoms. The molecule has 0 aliphatic carbocycles. The molecule has 0 radical (unpaired) electrons. The standard InChI is InChI=1S/C11H12F3NO4/c12-11(13,14)6-15(4-5-16)10(19)7-2-1-3-8(17)9(7)18/h1-3,16-18H,4-6H2. The minimum atomic E-state index is -4.63. The smallest absolute Gasteiger partial charge is 0.406 e. The highest BCUT2D eigenvalue weighted by Crippen LogP contribution is 2.29. The summed E-state index contributed by atoms with van der Waals surface area (Å²) in [5.74, 6) is -2.53. The van der Waals surface area contributed by atoms with Crippen molar-refractivity contribution in [2.24, 2.45) is 0 Å². The van der Waals surface area contributed by atoms with Crippen LogP contribution in [0, 0.1) is 0 Å². The third-order valence-electron chi connectivity index (χ3n) is 2.27. The number of aliphatic hydroxyl groups is 1. The Labute approximate surface area is 106 Å². The number of carbonyl (C=O) groups is 1. The molecule has 0 unspecified atom stereocenters. The Morgan fingerprint density at radius 2 is 1.89 bits per heavy atom. The van der Waals surface area contributed by atoms with E-state index >= 15 is 0 Å². The van der Waals surface area contributed by atoms with Crippen LogP contribution in [-0.4, -0.2) is 52.0 Å². The Balaban J connectivity index is 3.02. The number of hydrogen-bond acceptors (Lipinski definition) is 4. The van der Waals surface area contributed by atoms with Gasteiger partial charge < -0.3 is 20.2 Å². The second-order valence-corrected chi connectivity index (χ2v) is 3.74. The molecule has 1 amide bonds. The van der Waals surface area contributed by atoms with Gasteiger partial charge in [-0.15, -0.1) is 0 Å². The molecule has 0 saturated heterocycles. The van der Waals surface area contributed by atoms with Gasteiger partial charge in [0.25, 0.3) is 5.91 Å². The van der Waals surface area contributed by atoms with Gasteiger partial charge in [0.1, 0.15) is 6.54 Å². The SMILES string of the molecule is O=C(c1cccc(O)c1O)N(CCO)CC(F)(F)F. The number of phenols is 2. The number of aliphatic hydroxyl groups excluding tert-OH is 1. The van der Waals surface area contributed by atoms with Crippen molar-refractivity contribution in [2.45, 2.75) is 6.18 Å². The third kappa shape index (κ3) is 4.02. The van der Waals surface area contributed by atoms with Crippen molar-refractivity contribution in [3.05, 3.63) is 23.8 Å². The summed E-state index contributed by atoms with van der Waals surface area (Å²) in [6.07, 6.45) is -4.63. The fourth-order valence-corrected chi connectivity index (χ4v) is 1.46. The predicted molar refractivity (Wildman–Crippen MR) is 58.8 cm³/mol. The van der Waals surface area contributed by atoms with E-state index in [4.69, 9.17) is 5.11 Å². The Hall–Kier alpha value is -1.96. The van der Waals surface area contributed by atoms with Crippen molar-refractivity contribution in [1.82, 2.24) is 4.90 Å². The number of halogens is 3. The van der Waals surface area contributed by atoms with E-state index in [1.54, 1.807) is 0 Å². The van der Waals surface area contributed by atoms with E-state index in [-0.39, 0.29) is 0 Å². The largest absolute Gasteiger partial charge is 0.504 e. The maximum Gasteiger partial charge on any atom is 0.406 e. The van der Waals surface area contributed by atoms with Crippen LogP contribution in [-0.2, 0) is 0 Å². The van der Waals surface area contributed by atoms with Crippen molar-refractivity contribution >= 4 is 5.91 Å². The van der Waals surface area contributed by atoms with Gasteiger partial charge in [-0.05, 0) is 12.1 Å². The Bertz CT molecular complexity index is 462. The summed E-state index contributed by atoms with van der Waals surface area (Å²) in [5, 5.41) is 27.3. The van der Waals surface area contributed by atoms with Crippen LogP contribution < -0.4 is 0 Å². The predicted octanol–water partition coefficient (Wildman–Crippen LogP) is 1.09. The molecule has 1 aromatic carbocycles. The van der Waals surface area contributed by atoms with E-state index in [1.807, 2.05) is 0 Å². The minimum Gasteiger partial charge on any atom is -0.504 e. The molecule has 0 spiro atoms. The van der Waals surface area contributed by atoms with E-state index in [2.05, 4.69) is 0 Å². The normalized spacial score (nSPS) is 11.4. The number of nitrogens with zero attached hydrogens (tertiary/aromatic N) is 1. The van der Waals surface area contributed by atoms with Crippen molar-refractivity contribution in [2.75, 3.05) is 19.7 Å². The maximum absolute atomic E-state index is 12.3. The quantitative estimate of drug-likeness (QED) is 0.721. The van der Waals surface area contributed by atoms with Gasteiger partial charge in [-0.3, -0.25) is 4.79 Å². The minimum absolute atomic E-state index is 0.342. The number of rotatable bonds is 4. The second-order valence-electron chi connectivity index (χ2n) is 3.74. The number of alkyl halides is 3. The number of benzene rings is 1. The van der Waals surface area contributed by atoms with Crippen LogP contribution in [0.4, 0.5) is 13.2 Å². The second kappa shape index (κ2) is 5.79. The van der Waals surface area contributed by atoms with Crippen molar-refractivity contribution in [1.29, 1.82) is 0 Å². The van der Waals surface area contributed by atoms with Gasteiger partial charge in [0.15, 0.2) is 11.5 Å². The summed E-state index contributed by atoms with van der Waals surface area (Å²) < 4.78 is 36.9. The molecule has 0 fully saturated rings. The highest BCUT2D eigenvalue weighted by Gasteiger charge is 2.34. The van der Waals surface area contributed by atoms with Crippen molar-refractivity contribution in [3.63, 3.8) is 0 Å². The van der Waals surface area contributed by atoms with Gasteiger partial charge in [0.2, 0.25) is 0 Å². The first-order chi connectivity index (χ1) is 8.76. The Morgan fingerprint density at radius 3 is 2.42 bits per heavy atom. The number of para-hydroxylation sites is 1. The number of carbonyl (C=O) groups excluding carboxylic acids is 1. The highest BCUT2D eigenvalue weighted by molar-refractivity contribution is 5.97. The average molecular weight is 279 g/mol. The topological polar surface area (TPSA) is 81.0 Å². The van der Waals surface area contributed by atoms with Gasteiger partial charge in [-0.1, -0.05) is 6.07 Å². The average Bonchev–Trinajstić information content (AvgIpc) is 2.30. The van der Waals surface area contributed by atoms with E-state index in [0.29, 0.717) is 4.90 Å². The molecule has 0 aliphatic rings. The van der Waals surface area contributed by atoms with E-state index in [9.17, 15) is 28.2 Å². The molecule has 106 valence electrons. The monoisotopic (exact) mass is 279 g/mol. The fourth-order valence-electron chi connectivity index (χ4n) is 1.46. The lowest BCUT2D eigenvalue weighted by Gasteiger charge is -2.23. The van der Waals surface area contributed by atoms with Gasteiger partial charge in [-0.2, -0.15) is 13.2 Å². The van der Waals surface area contributed by atoms with Crippen LogP contribution >= 0.6 is 0 Å². The summed E-state index contributed by atoms with van der Waals surface area (Å²) in [7, 11) is 0. The van der Waals surface area contributed by atoms with Crippen LogP contribution in [0.15, 0.2) is 18.2 Å². The first-order valence-electron chi connectivity index (χ1n) is 5.24. The summed E-state index contributed by atoms with van der Waals surface area (Å²) in [6.45, 7) is -2.74. The van der Waals surface area contributed by atoms with Crippen LogP contribution in [0.1, 0.15) is 10.4 Å². The zero-order valence-corrected chi connectivity index (χ0v) is 9.68. The van der Waals surface area contributed by atoms with Gasteiger partial charge in [-0.25, -0.2) is 0 Å². The first kappa shape index (κ1) is 15.1. The van der Waals surface area contributed by atoms with Crippen LogP contribution in [0.25, 0.3) is 0 Å². The number of aromatic hydroxyl groups is 2. The molecule has 0 aliphatic heterocycles. The molecule has 1 rings (SSSR count). The van der Waals surface area contributed by atoms with Crippen LogP contribution in [0.2, 0.25) is 0 Å². The fraction of sp³-hybridized carbons (Fsp3) is 0.364. The molecule has 0 heterocycles. The molecular weight excluding hydrogens is 267 g/mol. The summed E-state index contributed by atoms with van der Waals surface area (Å²) in [6, 6.07) is 3.39. The maximum atomic E-state index is 12.3. The molecule has 0 aromatic heterocycles. The summed E-state index contributed by atoms with van der Waals surface area (Å²) in [5.41, 5.74) is -0.460. The van der Waals surface area contributed by atoms with E-state index < -0.39 is 48.8 Å². The number of amides is 1. The Morgan fingerprint density at radius 1 is 1.26 bits per heavy atom. The highest BCUT2D eigenvalue weighted by atomic mass is 19.4. The summed E-state index contributed by atoms with van der Waals surface area (Å²) >= 11 is 0.